The SMILES string of the molecule is COc1cc(C)c(CN(C)[C@H](C)C(=O)Nc2ccc(Cl)cc2F)cc1OC. The second-order valence-corrected chi connectivity index (χ2v) is 6.77. The lowest BCUT2D eigenvalue weighted by Crippen LogP contribution is -2.39. The van der Waals surface area contributed by atoms with Crippen LogP contribution in [0.1, 0.15) is 18.1 Å². The van der Waals surface area contributed by atoms with Crippen molar-refractivity contribution in [2.24, 2.45) is 0 Å². The number of likely N-dealkylation sites (N-methyl/N-ethyl adjacent to an activating group) is 1. The first-order valence-electron chi connectivity index (χ1n) is 8.44. The van der Waals surface area contributed by atoms with Crippen LogP contribution >= 0.6 is 11.6 Å². The molecular weight excluding hydrogens is 371 g/mol. The molecule has 2 aromatic carbocycles. The van der Waals surface area contributed by atoms with Crippen LogP contribution < -0.4 is 14.8 Å². The average Bonchev–Trinajstić information content (AvgIpc) is 2.64. The Morgan fingerprint density at radius 2 is 1.85 bits per heavy atom. The van der Waals surface area contributed by atoms with Gasteiger partial charge < -0.3 is 14.8 Å². The van der Waals surface area contributed by atoms with Gasteiger partial charge in [0, 0.05) is 11.6 Å². The Balaban J connectivity index is 2.10. The summed E-state index contributed by atoms with van der Waals surface area (Å²) in [7, 11) is 5.00. The molecule has 27 heavy (non-hydrogen) atoms. The summed E-state index contributed by atoms with van der Waals surface area (Å²) in [5.41, 5.74) is 2.13. The molecule has 0 saturated heterocycles. The lowest BCUT2D eigenvalue weighted by molar-refractivity contribution is -0.120. The molecule has 0 radical (unpaired) electrons. The minimum atomic E-state index is -0.568. The van der Waals surface area contributed by atoms with E-state index in [1.807, 2.05) is 31.0 Å². The number of nitrogens with zero attached hydrogens (tertiary/aromatic N) is 1. The fourth-order valence-electron chi connectivity index (χ4n) is 2.63. The first-order chi connectivity index (χ1) is 12.8. The fraction of sp³-hybridized carbons (Fsp3) is 0.350. The second-order valence-electron chi connectivity index (χ2n) is 6.34. The van der Waals surface area contributed by atoms with Crippen molar-refractivity contribution in [3.05, 3.63) is 52.3 Å². The maximum Gasteiger partial charge on any atom is 0.241 e. The summed E-state index contributed by atoms with van der Waals surface area (Å²) in [6.45, 7) is 4.25. The molecule has 146 valence electrons. The molecule has 2 aromatic rings. The largest absolute Gasteiger partial charge is 0.493 e. The van der Waals surface area contributed by atoms with Gasteiger partial charge in [0.2, 0.25) is 5.91 Å². The summed E-state index contributed by atoms with van der Waals surface area (Å²) in [6.07, 6.45) is 0. The number of ether oxygens (including phenoxy) is 2. The highest BCUT2D eigenvalue weighted by molar-refractivity contribution is 6.30. The third kappa shape index (κ3) is 5.11. The van der Waals surface area contributed by atoms with Crippen LogP contribution in [0.15, 0.2) is 30.3 Å². The van der Waals surface area contributed by atoms with E-state index in [9.17, 15) is 9.18 Å². The molecule has 2 rings (SSSR count). The minimum absolute atomic E-state index is 0.104. The van der Waals surface area contributed by atoms with Crippen LogP contribution in [0.25, 0.3) is 0 Å². The molecule has 1 N–H and O–H groups in total. The number of amides is 1. The summed E-state index contributed by atoms with van der Waals surface area (Å²) >= 11 is 5.74. The van der Waals surface area contributed by atoms with Crippen molar-refractivity contribution in [2.75, 3.05) is 26.6 Å². The van der Waals surface area contributed by atoms with Crippen LogP contribution in [0.3, 0.4) is 0 Å². The van der Waals surface area contributed by atoms with E-state index in [1.165, 1.54) is 18.2 Å². The van der Waals surface area contributed by atoms with E-state index in [1.54, 1.807) is 21.1 Å². The molecule has 7 heteroatoms. The zero-order chi connectivity index (χ0) is 20.1. The number of carbonyl (C=O) groups excluding carboxylic acids is 1. The number of hydrogen-bond donors (Lipinski definition) is 1. The quantitative estimate of drug-likeness (QED) is 0.762. The van der Waals surface area contributed by atoms with E-state index >= 15 is 0 Å². The molecule has 0 aliphatic rings. The molecule has 0 heterocycles. The first kappa shape index (κ1) is 21.0. The van der Waals surface area contributed by atoms with Gasteiger partial charge in [-0.1, -0.05) is 11.6 Å². The predicted molar refractivity (Wildman–Crippen MR) is 105 cm³/mol. The van der Waals surface area contributed by atoms with Gasteiger partial charge in [0.15, 0.2) is 11.5 Å². The fourth-order valence-corrected chi connectivity index (χ4v) is 2.79. The Bertz CT molecular complexity index is 829. The van der Waals surface area contributed by atoms with Crippen molar-refractivity contribution in [1.29, 1.82) is 0 Å². The van der Waals surface area contributed by atoms with Crippen LogP contribution in [0, 0.1) is 12.7 Å². The minimum Gasteiger partial charge on any atom is -0.493 e. The average molecular weight is 395 g/mol. The van der Waals surface area contributed by atoms with Gasteiger partial charge in [0.05, 0.1) is 25.9 Å². The van der Waals surface area contributed by atoms with Crippen LogP contribution in [0.4, 0.5) is 10.1 Å². The Morgan fingerprint density at radius 1 is 1.22 bits per heavy atom. The summed E-state index contributed by atoms with van der Waals surface area (Å²) in [5.74, 6) is 0.413. The number of aryl methyl sites for hydroxylation is 1. The molecule has 0 unspecified atom stereocenters. The highest BCUT2D eigenvalue weighted by Crippen LogP contribution is 2.31. The number of methoxy groups -OCH3 is 2. The number of rotatable bonds is 7. The smallest absolute Gasteiger partial charge is 0.241 e. The molecule has 1 amide bonds. The number of anilines is 1. The van der Waals surface area contributed by atoms with Crippen LogP contribution in [0.2, 0.25) is 5.02 Å². The van der Waals surface area contributed by atoms with Gasteiger partial charge in [-0.2, -0.15) is 0 Å². The van der Waals surface area contributed by atoms with E-state index in [2.05, 4.69) is 5.32 Å². The van der Waals surface area contributed by atoms with Gasteiger partial charge in [-0.3, -0.25) is 9.69 Å². The monoisotopic (exact) mass is 394 g/mol. The number of hydrogen-bond acceptors (Lipinski definition) is 4. The van der Waals surface area contributed by atoms with Gasteiger partial charge in [-0.05, 0) is 62.4 Å². The van der Waals surface area contributed by atoms with Crippen LogP contribution in [0.5, 0.6) is 11.5 Å². The van der Waals surface area contributed by atoms with Crippen molar-refractivity contribution >= 4 is 23.2 Å². The maximum absolute atomic E-state index is 13.9. The van der Waals surface area contributed by atoms with Gasteiger partial charge in [0.1, 0.15) is 5.82 Å². The van der Waals surface area contributed by atoms with Crippen molar-refractivity contribution in [1.82, 2.24) is 4.90 Å². The summed E-state index contributed by atoms with van der Waals surface area (Å²) in [4.78, 5) is 14.4. The Morgan fingerprint density at radius 3 is 2.44 bits per heavy atom. The molecule has 5 nitrogen and oxygen atoms in total. The first-order valence-corrected chi connectivity index (χ1v) is 8.82. The van der Waals surface area contributed by atoms with Gasteiger partial charge in [-0.15, -0.1) is 0 Å². The van der Waals surface area contributed by atoms with Crippen molar-refractivity contribution < 1.29 is 18.7 Å². The van der Waals surface area contributed by atoms with Crippen LogP contribution in [-0.2, 0) is 11.3 Å². The van der Waals surface area contributed by atoms with Crippen molar-refractivity contribution in [3.63, 3.8) is 0 Å². The number of benzene rings is 2. The number of nitrogens with one attached hydrogen (secondary N) is 1. The normalized spacial score (nSPS) is 12.0. The highest BCUT2D eigenvalue weighted by atomic mass is 35.5. The molecule has 0 bridgehead atoms. The van der Waals surface area contributed by atoms with Gasteiger partial charge in [0.25, 0.3) is 0 Å². The molecular formula is C20H24ClFN2O3. The summed E-state index contributed by atoms with van der Waals surface area (Å²) < 4.78 is 24.5. The standard InChI is InChI=1S/C20H24ClFN2O3/c1-12-8-18(26-4)19(27-5)9-14(12)11-24(3)13(2)20(25)23-17-7-6-15(21)10-16(17)22/h6-10,13H,11H2,1-5H3,(H,23,25)/t13-/m1/s1. The lowest BCUT2D eigenvalue weighted by atomic mass is 10.1. The maximum atomic E-state index is 13.9. The van der Waals surface area contributed by atoms with Gasteiger partial charge >= 0.3 is 0 Å². The van der Waals surface area contributed by atoms with Gasteiger partial charge in [-0.25, -0.2) is 4.39 Å². The van der Waals surface area contributed by atoms with Crippen molar-refractivity contribution in [2.45, 2.75) is 26.4 Å². The molecule has 1 atom stereocenters. The van der Waals surface area contributed by atoms with Crippen molar-refractivity contribution in [3.8, 4) is 11.5 Å². The summed E-state index contributed by atoms with van der Waals surface area (Å²) in [6, 6.07) is 7.46. The molecule has 0 aliphatic carbocycles. The Labute approximate surface area is 164 Å². The lowest BCUT2D eigenvalue weighted by Gasteiger charge is -2.25. The van der Waals surface area contributed by atoms with E-state index in [-0.39, 0.29) is 16.6 Å². The van der Waals surface area contributed by atoms with E-state index in [4.69, 9.17) is 21.1 Å². The zero-order valence-electron chi connectivity index (χ0n) is 16.1. The third-order valence-electron chi connectivity index (χ3n) is 4.49. The molecule has 0 aromatic heterocycles. The zero-order valence-corrected chi connectivity index (χ0v) is 16.9. The molecule has 0 aliphatic heterocycles. The van der Waals surface area contributed by atoms with E-state index < -0.39 is 11.9 Å². The highest BCUT2D eigenvalue weighted by Gasteiger charge is 2.21. The Hall–Kier alpha value is -2.31. The second kappa shape index (κ2) is 9.06. The van der Waals surface area contributed by atoms with E-state index in [0.717, 1.165) is 11.1 Å². The topological polar surface area (TPSA) is 50.8 Å². The predicted octanol–water partition coefficient (Wildman–Crippen LogP) is 4.26. The number of halogens is 2. The molecule has 0 saturated carbocycles. The Kier molecular flexibility index (Phi) is 7.05. The number of carbonyl (C=O) groups is 1. The molecule has 0 fully saturated rings. The molecule has 0 spiro atoms. The van der Waals surface area contributed by atoms with E-state index in [0.29, 0.717) is 18.0 Å². The third-order valence-corrected chi connectivity index (χ3v) is 4.73. The summed E-state index contributed by atoms with van der Waals surface area (Å²) in [5, 5.41) is 2.88. The van der Waals surface area contributed by atoms with Crippen LogP contribution in [-0.4, -0.2) is 38.1 Å².